The number of ether oxygens (including phenoxy) is 1. The Morgan fingerprint density at radius 2 is 1.90 bits per heavy atom. The molecule has 1 heterocycles. The number of allylic oxidation sites excluding steroid dienone is 1. The summed E-state index contributed by atoms with van der Waals surface area (Å²) in [5, 5.41) is 8.97. The smallest absolute Gasteiger partial charge is 0.344 e. The van der Waals surface area contributed by atoms with Crippen molar-refractivity contribution in [3.8, 4) is 5.75 Å². The lowest BCUT2D eigenvalue weighted by Crippen LogP contribution is -2.22. The first kappa shape index (κ1) is 21.5. The van der Waals surface area contributed by atoms with Crippen LogP contribution in [0.3, 0.4) is 0 Å². The van der Waals surface area contributed by atoms with E-state index in [1.165, 1.54) is 6.92 Å². The quantitative estimate of drug-likeness (QED) is 0.389. The van der Waals surface area contributed by atoms with Crippen molar-refractivity contribution < 1.29 is 19.4 Å². The Morgan fingerprint density at radius 3 is 2.60 bits per heavy atom. The van der Waals surface area contributed by atoms with Crippen molar-refractivity contribution in [2.45, 2.75) is 24.5 Å². The fourth-order valence-corrected chi connectivity index (χ4v) is 3.33. The molecule has 0 fully saturated rings. The van der Waals surface area contributed by atoms with Gasteiger partial charge in [-0.2, -0.15) is 0 Å². The Hall–Kier alpha value is -3.25. The zero-order valence-electron chi connectivity index (χ0n) is 16.8. The van der Waals surface area contributed by atoms with Crippen LogP contribution in [0.15, 0.2) is 77.8 Å². The molecule has 0 bridgehead atoms. The molecule has 0 aliphatic rings. The van der Waals surface area contributed by atoms with Crippen molar-refractivity contribution in [1.82, 2.24) is 4.57 Å². The normalized spacial score (nSPS) is 12.1. The highest BCUT2D eigenvalue weighted by molar-refractivity contribution is 7.98. The number of rotatable bonds is 9. The van der Waals surface area contributed by atoms with Crippen LogP contribution >= 0.6 is 11.8 Å². The first-order valence-corrected chi connectivity index (χ1v) is 10.7. The number of carboxylic acid groups (broad SMARTS) is 1. The van der Waals surface area contributed by atoms with Gasteiger partial charge in [0.1, 0.15) is 5.75 Å². The van der Waals surface area contributed by atoms with E-state index in [2.05, 4.69) is 0 Å². The third kappa shape index (κ3) is 5.42. The SMILES string of the molecule is CSc1ccc(C(=O)c2cccn2CC=Cc2cccc(O[C@@H](C)C(=O)O)c2)cc1. The molecule has 0 amide bonds. The van der Waals surface area contributed by atoms with Crippen LogP contribution in [-0.2, 0) is 11.3 Å². The maximum atomic E-state index is 12.8. The molecule has 0 spiro atoms. The van der Waals surface area contributed by atoms with E-state index in [4.69, 9.17) is 9.84 Å². The predicted octanol–water partition coefficient (Wildman–Crippen LogP) is 5.01. The number of carboxylic acids is 1. The van der Waals surface area contributed by atoms with Crippen LogP contribution in [0.4, 0.5) is 0 Å². The summed E-state index contributed by atoms with van der Waals surface area (Å²) in [6, 6.07) is 18.5. The van der Waals surface area contributed by atoms with Gasteiger partial charge in [-0.15, -0.1) is 11.8 Å². The zero-order chi connectivity index (χ0) is 21.5. The van der Waals surface area contributed by atoms with Gasteiger partial charge < -0.3 is 14.4 Å². The number of carbonyl (C=O) groups is 2. The van der Waals surface area contributed by atoms with Gasteiger partial charge in [0.25, 0.3) is 0 Å². The molecule has 154 valence electrons. The minimum absolute atomic E-state index is 0.0147. The van der Waals surface area contributed by atoms with Gasteiger partial charge in [0.05, 0.1) is 5.69 Å². The first-order valence-electron chi connectivity index (χ1n) is 9.48. The summed E-state index contributed by atoms with van der Waals surface area (Å²) in [6.45, 7) is 2.03. The Kier molecular flexibility index (Phi) is 7.14. The number of aliphatic carboxylic acids is 1. The van der Waals surface area contributed by atoms with Crippen molar-refractivity contribution in [2.75, 3.05) is 6.26 Å². The molecular formula is C24H23NO4S. The van der Waals surface area contributed by atoms with E-state index in [0.717, 1.165) is 10.5 Å². The Labute approximate surface area is 180 Å². The number of nitrogens with zero attached hydrogens (tertiary/aromatic N) is 1. The van der Waals surface area contributed by atoms with Crippen LogP contribution in [0.2, 0.25) is 0 Å². The average molecular weight is 422 g/mol. The Bertz CT molecular complexity index is 1050. The number of hydrogen-bond donors (Lipinski definition) is 1. The lowest BCUT2D eigenvalue weighted by atomic mass is 10.1. The van der Waals surface area contributed by atoms with E-state index < -0.39 is 12.1 Å². The summed E-state index contributed by atoms with van der Waals surface area (Å²) < 4.78 is 7.30. The number of aromatic nitrogens is 1. The van der Waals surface area contributed by atoms with Crippen LogP contribution in [0, 0.1) is 0 Å². The van der Waals surface area contributed by atoms with Gasteiger partial charge in [0.15, 0.2) is 6.10 Å². The minimum Gasteiger partial charge on any atom is -0.479 e. The molecule has 0 unspecified atom stereocenters. The van der Waals surface area contributed by atoms with Gasteiger partial charge in [-0.3, -0.25) is 4.79 Å². The maximum absolute atomic E-state index is 12.8. The van der Waals surface area contributed by atoms with Crippen LogP contribution in [0.5, 0.6) is 5.75 Å². The van der Waals surface area contributed by atoms with Crippen molar-refractivity contribution >= 4 is 29.6 Å². The van der Waals surface area contributed by atoms with Crippen molar-refractivity contribution in [2.24, 2.45) is 0 Å². The van der Waals surface area contributed by atoms with E-state index in [0.29, 0.717) is 23.6 Å². The molecule has 0 radical (unpaired) electrons. The third-order valence-corrected chi connectivity index (χ3v) is 5.29. The molecule has 1 N–H and O–H groups in total. The molecule has 6 heteroatoms. The van der Waals surface area contributed by atoms with Crippen molar-refractivity contribution in [3.05, 3.63) is 89.8 Å². The fourth-order valence-electron chi connectivity index (χ4n) is 2.92. The molecular weight excluding hydrogens is 398 g/mol. The first-order chi connectivity index (χ1) is 14.5. The molecule has 5 nitrogen and oxygen atoms in total. The zero-order valence-corrected chi connectivity index (χ0v) is 17.6. The Morgan fingerprint density at radius 1 is 1.13 bits per heavy atom. The van der Waals surface area contributed by atoms with E-state index in [9.17, 15) is 9.59 Å². The monoisotopic (exact) mass is 421 g/mol. The molecule has 3 rings (SSSR count). The number of ketones is 1. The summed E-state index contributed by atoms with van der Waals surface area (Å²) in [5.41, 5.74) is 2.18. The summed E-state index contributed by atoms with van der Waals surface area (Å²) in [7, 11) is 0. The highest BCUT2D eigenvalue weighted by Crippen LogP contribution is 2.19. The number of hydrogen-bond acceptors (Lipinski definition) is 4. The molecule has 1 aromatic heterocycles. The second-order valence-electron chi connectivity index (χ2n) is 6.68. The number of thioether (sulfide) groups is 1. The Balaban J connectivity index is 1.68. The van der Waals surface area contributed by atoms with Crippen molar-refractivity contribution in [3.63, 3.8) is 0 Å². The minimum atomic E-state index is -1.01. The molecule has 0 saturated heterocycles. The van der Waals surface area contributed by atoms with Crippen LogP contribution < -0.4 is 4.74 Å². The van der Waals surface area contributed by atoms with Gasteiger partial charge in [0.2, 0.25) is 5.78 Å². The van der Waals surface area contributed by atoms with Gasteiger partial charge in [-0.1, -0.05) is 24.3 Å². The third-order valence-electron chi connectivity index (χ3n) is 4.55. The van der Waals surface area contributed by atoms with E-state index in [-0.39, 0.29) is 5.78 Å². The predicted molar refractivity (Wildman–Crippen MR) is 119 cm³/mol. The van der Waals surface area contributed by atoms with Gasteiger partial charge in [-0.05, 0) is 67.3 Å². The molecule has 0 saturated carbocycles. The summed E-state index contributed by atoms with van der Waals surface area (Å²) >= 11 is 1.64. The lowest BCUT2D eigenvalue weighted by Gasteiger charge is -2.10. The molecule has 3 aromatic rings. The van der Waals surface area contributed by atoms with Crippen LogP contribution in [-0.4, -0.2) is 33.8 Å². The highest BCUT2D eigenvalue weighted by Gasteiger charge is 2.13. The van der Waals surface area contributed by atoms with E-state index in [1.807, 2.05) is 77.7 Å². The van der Waals surface area contributed by atoms with Gasteiger partial charge in [-0.25, -0.2) is 4.79 Å². The molecule has 2 aromatic carbocycles. The highest BCUT2D eigenvalue weighted by atomic mass is 32.2. The van der Waals surface area contributed by atoms with Crippen molar-refractivity contribution in [1.29, 1.82) is 0 Å². The van der Waals surface area contributed by atoms with Gasteiger partial charge in [0, 0.05) is 23.2 Å². The maximum Gasteiger partial charge on any atom is 0.344 e. The summed E-state index contributed by atoms with van der Waals surface area (Å²) in [4.78, 5) is 24.9. The standard InChI is InChI=1S/C24H23NO4S/c1-17(24(27)28)29-20-8-3-6-18(16-20)7-4-14-25-15-5-9-22(25)23(26)19-10-12-21(30-2)13-11-19/h3-13,15-17H,14H2,1-2H3,(H,27,28)/t17-/m0/s1. The average Bonchev–Trinajstić information content (AvgIpc) is 3.22. The molecule has 0 aliphatic carbocycles. The van der Waals surface area contributed by atoms with E-state index >= 15 is 0 Å². The fraction of sp³-hybridized carbons (Fsp3) is 0.167. The largest absolute Gasteiger partial charge is 0.479 e. The number of carbonyl (C=O) groups excluding carboxylic acids is 1. The summed E-state index contributed by atoms with van der Waals surface area (Å²) in [5.74, 6) is -0.527. The van der Waals surface area contributed by atoms with Crippen LogP contribution in [0.25, 0.3) is 6.08 Å². The van der Waals surface area contributed by atoms with Gasteiger partial charge >= 0.3 is 5.97 Å². The number of benzene rings is 2. The molecule has 1 atom stereocenters. The molecule has 0 aliphatic heterocycles. The van der Waals surface area contributed by atoms with Crippen LogP contribution in [0.1, 0.15) is 28.5 Å². The topological polar surface area (TPSA) is 68.5 Å². The molecule has 30 heavy (non-hydrogen) atoms. The summed E-state index contributed by atoms with van der Waals surface area (Å²) in [6.07, 6.45) is 6.83. The second kappa shape index (κ2) is 9.98. The second-order valence-corrected chi connectivity index (χ2v) is 7.56. The lowest BCUT2D eigenvalue weighted by molar-refractivity contribution is -0.144. The van der Waals surface area contributed by atoms with E-state index in [1.54, 1.807) is 23.9 Å².